The van der Waals surface area contributed by atoms with Gasteiger partial charge in [0.05, 0.1) is 12.0 Å². The monoisotopic (exact) mass is 239 g/mol. The van der Waals surface area contributed by atoms with Gasteiger partial charge in [0, 0.05) is 25.2 Å². The van der Waals surface area contributed by atoms with Gasteiger partial charge in [0.15, 0.2) is 0 Å². The van der Waals surface area contributed by atoms with E-state index in [-0.39, 0.29) is 17.1 Å². The van der Waals surface area contributed by atoms with Crippen molar-refractivity contribution in [3.05, 3.63) is 35.6 Å². The Bertz CT molecular complexity index is 547. The highest BCUT2D eigenvalue weighted by Crippen LogP contribution is 2.28. The van der Waals surface area contributed by atoms with E-state index in [0.29, 0.717) is 18.9 Å². The van der Waals surface area contributed by atoms with Crippen molar-refractivity contribution in [2.24, 2.45) is 0 Å². The van der Waals surface area contributed by atoms with Crippen LogP contribution in [-0.2, 0) is 4.74 Å². The fraction of sp³-hybridized carbons (Fsp3) is 0.333. The molecule has 3 rings (SSSR count). The predicted octanol–water partition coefficient (Wildman–Crippen LogP) is 2.37. The quantitative estimate of drug-likeness (QED) is 0.829. The Hall–Kier alpha value is -1.46. The van der Waals surface area contributed by atoms with E-state index in [1.807, 2.05) is 0 Å². The van der Waals surface area contributed by atoms with E-state index >= 15 is 0 Å². The second-order valence-corrected chi connectivity index (χ2v) is 4.01. The highest BCUT2D eigenvalue weighted by molar-refractivity contribution is 5.78. The summed E-state index contributed by atoms with van der Waals surface area (Å²) in [5, 5.41) is 3.44. The number of hydrogen-bond acceptors (Lipinski definition) is 3. The molecule has 0 radical (unpaired) electrons. The van der Waals surface area contributed by atoms with Crippen LogP contribution in [0.3, 0.4) is 0 Å². The van der Waals surface area contributed by atoms with E-state index < -0.39 is 11.6 Å². The first-order valence-electron chi connectivity index (χ1n) is 5.45. The molecule has 0 amide bonds. The van der Waals surface area contributed by atoms with Gasteiger partial charge in [-0.15, -0.1) is 0 Å². The summed E-state index contributed by atoms with van der Waals surface area (Å²) in [7, 11) is 0. The van der Waals surface area contributed by atoms with Crippen molar-refractivity contribution in [1.82, 2.24) is 5.32 Å². The summed E-state index contributed by atoms with van der Waals surface area (Å²) in [4.78, 5) is 0. The molecule has 1 atom stereocenters. The van der Waals surface area contributed by atoms with Crippen LogP contribution in [0.25, 0.3) is 11.0 Å². The Morgan fingerprint density at radius 1 is 1.24 bits per heavy atom. The normalized spacial score (nSPS) is 20.9. The molecule has 2 aromatic rings. The van der Waals surface area contributed by atoms with Crippen LogP contribution in [0, 0.1) is 11.6 Å². The van der Waals surface area contributed by atoms with Crippen LogP contribution in [0.15, 0.2) is 22.6 Å². The van der Waals surface area contributed by atoms with E-state index in [1.54, 1.807) is 6.07 Å². The maximum Gasteiger partial charge on any atom is 0.140 e. The van der Waals surface area contributed by atoms with Crippen LogP contribution in [0.1, 0.15) is 11.9 Å². The summed E-state index contributed by atoms with van der Waals surface area (Å²) in [5.74, 6) is -0.728. The standard InChI is InChI=1S/C12H11F2NO2/c13-7-3-9(14)8-5-11(17-10(8)4-7)12-6-15-1-2-16-12/h3-5,12,15H,1-2,6H2. The molecule has 1 aliphatic rings. The molecule has 0 spiro atoms. The Morgan fingerprint density at radius 3 is 2.88 bits per heavy atom. The number of furan rings is 1. The van der Waals surface area contributed by atoms with Crippen molar-refractivity contribution >= 4 is 11.0 Å². The van der Waals surface area contributed by atoms with Gasteiger partial charge in [-0.3, -0.25) is 0 Å². The molecular formula is C12H11F2NO2. The molecule has 0 saturated carbocycles. The zero-order valence-corrected chi connectivity index (χ0v) is 9.00. The lowest BCUT2D eigenvalue weighted by molar-refractivity contribution is 0.0152. The minimum atomic E-state index is -0.640. The van der Waals surface area contributed by atoms with Gasteiger partial charge in [-0.25, -0.2) is 8.78 Å². The largest absolute Gasteiger partial charge is 0.458 e. The Morgan fingerprint density at radius 2 is 2.12 bits per heavy atom. The number of ether oxygens (including phenoxy) is 1. The first-order chi connectivity index (χ1) is 8.24. The third-order valence-electron chi connectivity index (χ3n) is 2.82. The van der Waals surface area contributed by atoms with Crippen LogP contribution in [0.2, 0.25) is 0 Å². The topological polar surface area (TPSA) is 34.4 Å². The van der Waals surface area contributed by atoms with Gasteiger partial charge in [-0.05, 0) is 6.07 Å². The minimum Gasteiger partial charge on any atom is -0.458 e. The molecule has 0 aliphatic carbocycles. The average Bonchev–Trinajstić information content (AvgIpc) is 2.74. The summed E-state index contributed by atoms with van der Waals surface area (Å²) < 4.78 is 37.4. The predicted molar refractivity (Wildman–Crippen MR) is 57.7 cm³/mol. The fourth-order valence-electron chi connectivity index (χ4n) is 1.99. The smallest absolute Gasteiger partial charge is 0.140 e. The molecule has 1 fully saturated rings. The molecule has 0 bridgehead atoms. The third kappa shape index (κ3) is 1.92. The van der Waals surface area contributed by atoms with Crippen LogP contribution < -0.4 is 5.32 Å². The number of morpholine rings is 1. The first-order valence-corrected chi connectivity index (χ1v) is 5.45. The number of rotatable bonds is 1. The Balaban J connectivity index is 2.03. The summed E-state index contributed by atoms with van der Waals surface area (Å²) >= 11 is 0. The minimum absolute atomic E-state index is 0.215. The number of nitrogens with one attached hydrogen (secondary N) is 1. The highest BCUT2D eigenvalue weighted by atomic mass is 19.1. The molecule has 5 heteroatoms. The average molecular weight is 239 g/mol. The van der Waals surface area contributed by atoms with Crippen molar-refractivity contribution in [2.45, 2.75) is 6.10 Å². The zero-order valence-electron chi connectivity index (χ0n) is 9.00. The van der Waals surface area contributed by atoms with E-state index in [2.05, 4.69) is 5.32 Å². The number of benzene rings is 1. The van der Waals surface area contributed by atoms with Gasteiger partial charge in [-0.2, -0.15) is 0 Å². The van der Waals surface area contributed by atoms with E-state index in [4.69, 9.17) is 9.15 Å². The lowest BCUT2D eigenvalue weighted by atomic mass is 10.2. The lowest BCUT2D eigenvalue weighted by Crippen LogP contribution is -2.33. The molecule has 2 heterocycles. The molecule has 1 N–H and O–H groups in total. The van der Waals surface area contributed by atoms with Gasteiger partial charge in [-0.1, -0.05) is 0 Å². The molecular weight excluding hydrogens is 228 g/mol. The molecule has 1 aromatic carbocycles. The molecule has 3 nitrogen and oxygen atoms in total. The van der Waals surface area contributed by atoms with Crippen LogP contribution in [-0.4, -0.2) is 19.7 Å². The number of hydrogen-bond donors (Lipinski definition) is 1. The fourth-order valence-corrected chi connectivity index (χ4v) is 1.99. The summed E-state index contributed by atoms with van der Waals surface area (Å²) in [6.07, 6.45) is -0.237. The van der Waals surface area contributed by atoms with Crippen molar-refractivity contribution in [3.8, 4) is 0 Å². The second kappa shape index (κ2) is 4.09. The maximum atomic E-state index is 13.5. The van der Waals surface area contributed by atoms with Crippen LogP contribution in [0.5, 0.6) is 0 Å². The SMILES string of the molecule is Fc1cc(F)c2cc(C3CNCCO3)oc2c1. The molecule has 1 saturated heterocycles. The summed E-state index contributed by atoms with van der Waals surface area (Å²) in [5.41, 5.74) is 0.215. The summed E-state index contributed by atoms with van der Waals surface area (Å²) in [6.45, 7) is 1.99. The summed E-state index contributed by atoms with van der Waals surface area (Å²) in [6, 6.07) is 3.60. The number of halogens is 2. The van der Waals surface area contributed by atoms with E-state index in [0.717, 1.165) is 12.6 Å². The lowest BCUT2D eigenvalue weighted by Gasteiger charge is -2.21. The van der Waals surface area contributed by atoms with Gasteiger partial charge in [0.25, 0.3) is 0 Å². The van der Waals surface area contributed by atoms with Crippen molar-refractivity contribution < 1.29 is 17.9 Å². The van der Waals surface area contributed by atoms with Crippen molar-refractivity contribution in [1.29, 1.82) is 0 Å². The first kappa shape index (κ1) is 10.7. The Kier molecular flexibility index (Phi) is 2.57. The molecule has 1 unspecified atom stereocenters. The highest BCUT2D eigenvalue weighted by Gasteiger charge is 2.21. The van der Waals surface area contributed by atoms with Gasteiger partial charge < -0.3 is 14.5 Å². The van der Waals surface area contributed by atoms with Crippen LogP contribution in [0.4, 0.5) is 8.78 Å². The van der Waals surface area contributed by atoms with Crippen LogP contribution >= 0.6 is 0 Å². The Labute approximate surface area is 96.4 Å². The molecule has 17 heavy (non-hydrogen) atoms. The molecule has 1 aliphatic heterocycles. The van der Waals surface area contributed by atoms with Crippen molar-refractivity contribution in [2.75, 3.05) is 19.7 Å². The molecule has 90 valence electrons. The molecule has 1 aromatic heterocycles. The zero-order chi connectivity index (χ0) is 11.8. The van der Waals surface area contributed by atoms with Gasteiger partial charge >= 0.3 is 0 Å². The maximum absolute atomic E-state index is 13.5. The third-order valence-corrected chi connectivity index (χ3v) is 2.82. The van der Waals surface area contributed by atoms with E-state index in [9.17, 15) is 8.78 Å². The van der Waals surface area contributed by atoms with Gasteiger partial charge in [0.2, 0.25) is 0 Å². The van der Waals surface area contributed by atoms with E-state index in [1.165, 1.54) is 6.07 Å². The number of fused-ring (bicyclic) bond motifs is 1. The second-order valence-electron chi connectivity index (χ2n) is 4.01. The van der Waals surface area contributed by atoms with Gasteiger partial charge in [0.1, 0.15) is 29.1 Å². The van der Waals surface area contributed by atoms with Crippen molar-refractivity contribution in [3.63, 3.8) is 0 Å².